The zero-order valence-electron chi connectivity index (χ0n) is 11.2. The van der Waals surface area contributed by atoms with Crippen molar-refractivity contribution in [1.82, 2.24) is 0 Å². The molecule has 0 aliphatic heterocycles. The van der Waals surface area contributed by atoms with Crippen molar-refractivity contribution in [3.8, 4) is 0 Å². The summed E-state index contributed by atoms with van der Waals surface area (Å²) in [7, 11) is 0. The molecule has 1 aromatic rings. The maximum Gasteiger partial charge on any atom is 0.185 e. The Kier molecular flexibility index (Phi) is 4.74. The molecule has 1 aliphatic rings. The third kappa shape index (κ3) is 3.56. The van der Waals surface area contributed by atoms with E-state index in [9.17, 15) is 4.79 Å². The lowest BCUT2D eigenvalue weighted by molar-refractivity contribution is 0.104. The van der Waals surface area contributed by atoms with Crippen LogP contribution >= 0.6 is 0 Å². The molecule has 1 fully saturated rings. The molecule has 18 heavy (non-hydrogen) atoms. The van der Waals surface area contributed by atoms with Gasteiger partial charge >= 0.3 is 0 Å². The number of benzene rings is 1. The summed E-state index contributed by atoms with van der Waals surface area (Å²) in [6.07, 6.45) is 10.1. The van der Waals surface area contributed by atoms with Crippen LogP contribution in [0.4, 0.5) is 0 Å². The van der Waals surface area contributed by atoms with Crippen LogP contribution in [-0.4, -0.2) is 5.78 Å². The van der Waals surface area contributed by atoms with Gasteiger partial charge in [-0.3, -0.25) is 4.79 Å². The molecule has 2 rings (SSSR count). The Hall–Kier alpha value is -1.37. The predicted octanol–water partition coefficient (Wildman–Crippen LogP) is 4.71. The second-order valence-electron chi connectivity index (χ2n) is 5.17. The van der Waals surface area contributed by atoms with Crippen molar-refractivity contribution in [2.24, 2.45) is 0 Å². The Labute approximate surface area is 110 Å². The van der Waals surface area contributed by atoms with Gasteiger partial charge in [0.1, 0.15) is 0 Å². The molecule has 1 saturated carbocycles. The van der Waals surface area contributed by atoms with Gasteiger partial charge in [0.2, 0.25) is 0 Å². The summed E-state index contributed by atoms with van der Waals surface area (Å²) in [6, 6.07) is 8.09. The fourth-order valence-electron chi connectivity index (χ4n) is 2.54. The van der Waals surface area contributed by atoms with Crippen LogP contribution in [0.5, 0.6) is 0 Å². The third-order valence-electron chi connectivity index (χ3n) is 3.61. The van der Waals surface area contributed by atoms with Gasteiger partial charge < -0.3 is 0 Å². The van der Waals surface area contributed by atoms with Crippen molar-refractivity contribution in [3.05, 3.63) is 47.0 Å². The lowest BCUT2D eigenvalue weighted by Gasteiger charge is -2.12. The Morgan fingerprint density at radius 1 is 1.11 bits per heavy atom. The van der Waals surface area contributed by atoms with Crippen molar-refractivity contribution in [1.29, 1.82) is 0 Å². The van der Waals surface area contributed by atoms with E-state index >= 15 is 0 Å². The molecule has 96 valence electrons. The molecule has 0 aromatic heterocycles. The number of hydrogen-bond acceptors (Lipinski definition) is 1. The Morgan fingerprint density at radius 3 is 2.39 bits per heavy atom. The second kappa shape index (κ2) is 6.53. The minimum Gasteiger partial charge on any atom is -0.289 e. The molecule has 0 unspecified atom stereocenters. The van der Waals surface area contributed by atoms with Crippen LogP contribution in [0.15, 0.2) is 35.9 Å². The molecule has 0 bridgehead atoms. The van der Waals surface area contributed by atoms with Crippen LogP contribution in [0.3, 0.4) is 0 Å². The number of allylic oxidation sites excluding steroid dienone is 2. The molecule has 0 heterocycles. The van der Waals surface area contributed by atoms with E-state index in [0.717, 1.165) is 31.2 Å². The van der Waals surface area contributed by atoms with Gasteiger partial charge in [-0.15, -0.1) is 0 Å². The maximum atomic E-state index is 12.1. The highest BCUT2D eigenvalue weighted by molar-refractivity contribution is 6.04. The van der Waals surface area contributed by atoms with Gasteiger partial charge in [0, 0.05) is 5.56 Å². The van der Waals surface area contributed by atoms with E-state index in [2.05, 4.69) is 19.1 Å². The minimum atomic E-state index is 0.176. The van der Waals surface area contributed by atoms with Crippen LogP contribution in [0, 0.1) is 0 Å². The molecular formula is C17H22O. The lowest BCUT2D eigenvalue weighted by atomic mass is 9.93. The third-order valence-corrected chi connectivity index (χ3v) is 3.61. The summed E-state index contributed by atoms with van der Waals surface area (Å²) in [5, 5.41) is 0. The molecule has 0 atom stereocenters. The van der Waals surface area contributed by atoms with Crippen LogP contribution < -0.4 is 0 Å². The predicted molar refractivity (Wildman–Crippen MR) is 75.9 cm³/mol. The summed E-state index contributed by atoms with van der Waals surface area (Å²) in [6.45, 7) is 2.17. The average Bonchev–Trinajstić information content (AvgIpc) is 2.41. The van der Waals surface area contributed by atoms with Crippen LogP contribution in [0.1, 0.15) is 61.4 Å². The topological polar surface area (TPSA) is 17.1 Å². The number of aryl methyl sites for hydroxylation is 1. The minimum absolute atomic E-state index is 0.176. The largest absolute Gasteiger partial charge is 0.289 e. The van der Waals surface area contributed by atoms with Crippen molar-refractivity contribution in [3.63, 3.8) is 0 Å². The van der Waals surface area contributed by atoms with Crippen LogP contribution in [-0.2, 0) is 6.42 Å². The quantitative estimate of drug-likeness (QED) is 0.552. The Balaban J connectivity index is 2.03. The normalized spacial score (nSPS) is 15.5. The maximum absolute atomic E-state index is 12.1. The molecule has 0 N–H and O–H groups in total. The van der Waals surface area contributed by atoms with Crippen molar-refractivity contribution >= 4 is 5.78 Å². The Bertz CT molecular complexity index is 417. The highest BCUT2D eigenvalue weighted by atomic mass is 16.1. The smallest absolute Gasteiger partial charge is 0.185 e. The summed E-state index contributed by atoms with van der Waals surface area (Å²) >= 11 is 0. The zero-order chi connectivity index (χ0) is 12.8. The monoisotopic (exact) mass is 242 g/mol. The molecule has 0 radical (unpaired) electrons. The first-order valence-electron chi connectivity index (χ1n) is 7.12. The number of hydrogen-bond donors (Lipinski definition) is 0. The van der Waals surface area contributed by atoms with Gasteiger partial charge in [-0.1, -0.05) is 49.6 Å². The molecule has 0 spiro atoms. The molecular weight excluding hydrogens is 220 g/mol. The summed E-state index contributed by atoms with van der Waals surface area (Å²) < 4.78 is 0. The standard InChI is InChI=1S/C17H22O/c1-2-6-14-9-11-16(12-10-14)17(18)13-15-7-4-3-5-8-15/h9-13H,2-8H2,1H3. The van der Waals surface area contributed by atoms with Gasteiger partial charge in [0.05, 0.1) is 0 Å². The van der Waals surface area contributed by atoms with E-state index in [1.54, 1.807) is 0 Å². The SMILES string of the molecule is CCCc1ccc(C(=O)C=C2CCCCC2)cc1. The fraction of sp³-hybridized carbons (Fsp3) is 0.471. The van der Waals surface area contributed by atoms with E-state index in [-0.39, 0.29) is 5.78 Å². The highest BCUT2D eigenvalue weighted by Gasteiger charge is 2.08. The number of carbonyl (C=O) groups is 1. The van der Waals surface area contributed by atoms with E-state index in [1.807, 2.05) is 18.2 Å². The van der Waals surface area contributed by atoms with Gasteiger partial charge in [0.25, 0.3) is 0 Å². The first-order chi connectivity index (χ1) is 8.79. The highest BCUT2D eigenvalue weighted by Crippen LogP contribution is 2.23. The second-order valence-corrected chi connectivity index (χ2v) is 5.17. The summed E-state index contributed by atoms with van der Waals surface area (Å²) in [4.78, 5) is 12.1. The first kappa shape index (κ1) is 13.1. The Morgan fingerprint density at radius 2 is 1.78 bits per heavy atom. The summed E-state index contributed by atoms with van der Waals surface area (Å²) in [5.74, 6) is 0.176. The zero-order valence-corrected chi connectivity index (χ0v) is 11.2. The molecule has 1 aromatic carbocycles. The van der Waals surface area contributed by atoms with Gasteiger partial charge in [-0.25, -0.2) is 0 Å². The van der Waals surface area contributed by atoms with Gasteiger partial charge in [-0.05, 0) is 43.7 Å². The van der Waals surface area contributed by atoms with Crippen molar-refractivity contribution < 1.29 is 4.79 Å². The number of carbonyl (C=O) groups excluding carboxylic acids is 1. The van der Waals surface area contributed by atoms with Crippen molar-refractivity contribution in [2.75, 3.05) is 0 Å². The summed E-state index contributed by atoms with van der Waals surface area (Å²) in [5.41, 5.74) is 3.48. The van der Waals surface area contributed by atoms with Gasteiger partial charge in [0.15, 0.2) is 5.78 Å². The van der Waals surface area contributed by atoms with E-state index in [0.29, 0.717) is 0 Å². The van der Waals surface area contributed by atoms with E-state index in [4.69, 9.17) is 0 Å². The van der Waals surface area contributed by atoms with Crippen LogP contribution in [0.2, 0.25) is 0 Å². The molecule has 1 heteroatoms. The van der Waals surface area contributed by atoms with E-state index in [1.165, 1.54) is 30.4 Å². The molecule has 1 aliphatic carbocycles. The van der Waals surface area contributed by atoms with Crippen molar-refractivity contribution in [2.45, 2.75) is 51.9 Å². The van der Waals surface area contributed by atoms with Crippen LogP contribution in [0.25, 0.3) is 0 Å². The fourth-order valence-corrected chi connectivity index (χ4v) is 2.54. The molecule has 0 amide bonds. The lowest BCUT2D eigenvalue weighted by Crippen LogP contribution is -2.00. The molecule has 1 nitrogen and oxygen atoms in total. The average molecular weight is 242 g/mol. The molecule has 0 saturated heterocycles. The number of ketones is 1. The first-order valence-corrected chi connectivity index (χ1v) is 7.12. The number of rotatable bonds is 4. The van der Waals surface area contributed by atoms with Gasteiger partial charge in [-0.2, -0.15) is 0 Å². The van der Waals surface area contributed by atoms with E-state index < -0.39 is 0 Å².